The van der Waals surface area contributed by atoms with E-state index >= 15 is 0 Å². The molecule has 1 heterocycles. The summed E-state index contributed by atoms with van der Waals surface area (Å²) in [6, 6.07) is 7.57. The smallest absolute Gasteiger partial charge is 0.283 e. The van der Waals surface area contributed by atoms with E-state index in [1.54, 1.807) is 33.2 Å². The van der Waals surface area contributed by atoms with Gasteiger partial charge in [-0.2, -0.15) is 13.5 Å². The molecule has 0 aliphatic heterocycles. The largest absolute Gasteiger partial charge is 0.493 e. The zero-order valence-electron chi connectivity index (χ0n) is 11.9. The third kappa shape index (κ3) is 3.40. The fraction of sp³-hybridized carbons (Fsp3) is 0.231. The van der Waals surface area contributed by atoms with Gasteiger partial charge >= 0.3 is 0 Å². The summed E-state index contributed by atoms with van der Waals surface area (Å²) >= 11 is 0. The molecule has 0 fully saturated rings. The summed E-state index contributed by atoms with van der Waals surface area (Å²) in [6.07, 6.45) is 1.22. The molecule has 0 amide bonds. The van der Waals surface area contributed by atoms with Gasteiger partial charge in [-0.25, -0.2) is 4.68 Å². The molecule has 0 saturated heterocycles. The van der Waals surface area contributed by atoms with Crippen LogP contribution >= 0.6 is 0 Å². The number of rotatable bonds is 4. The minimum atomic E-state index is -3.79. The highest BCUT2D eigenvalue weighted by molar-refractivity contribution is 7.90. The van der Waals surface area contributed by atoms with Crippen LogP contribution in [0.2, 0.25) is 0 Å². The first-order valence-corrected chi connectivity index (χ1v) is 7.56. The van der Waals surface area contributed by atoms with Crippen LogP contribution in [0.3, 0.4) is 0 Å². The maximum Gasteiger partial charge on any atom is 0.283 e. The molecule has 21 heavy (non-hydrogen) atoms. The molecule has 0 unspecified atom stereocenters. The average molecular weight is 308 g/mol. The van der Waals surface area contributed by atoms with Gasteiger partial charge in [-0.15, -0.1) is 4.40 Å². The van der Waals surface area contributed by atoms with Crippen LogP contribution in [0.4, 0.5) is 0 Å². The van der Waals surface area contributed by atoms with Gasteiger partial charge in [0.05, 0.1) is 16.3 Å². The number of nitrogens with zero attached hydrogens (tertiary/aromatic N) is 4. The van der Waals surface area contributed by atoms with Crippen molar-refractivity contribution in [1.29, 1.82) is 0 Å². The van der Waals surface area contributed by atoms with Crippen LogP contribution < -0.4 is 0 Å². The number of sulfonamides is 1. The zero-order valence-corrected chi connectivity index (χ0v) is 12.7. The summed E-state index contributed by atoms with van der Waals surface area (Å²) in [7, 11) is -0.426. The van der Waals surface area contributed by atoms with E-state index < -0.39 is 10.0 Å². The predicted octanol–water partition coefficient (Wildman–Crippen LogP) is 1.16. The van der Waals surface area contributed by atoms with Gasteiger partial charge in [0.1, 0.15) is 6.34 Å². The Bertz CT molecular complexity index is 778. The fourth-order valence-corrected chi connectivity index (χ4v) is 2.62. The Morgan fingerprint density at radius 1 is 1.33 bits per heavy atom. The van der Waals surface area contributed by atoms with E-state index in [0.717, 1.165) is 0 Å². The normalized spacial score (nSPS) is 12.0. The topological polar surface area (TPSA) is 87.8 Å². The van der Waals surface area contributed by atoms with E-state index in [-0.39, 0.29) is 10.8 Å². The molecular weight excluding hydrogens is 292 g/mol. The molecule has 7 nitrogen and oxygen atoms in total. The molecule has 1 aromatic carbocycles. The summed E-state index contributed by atoms with van der Waals surface area (Å²) in [5.41, 5.74) is 1.08. The number of aryl methyl sites for hydroxylation is 1. The molecule has 0 radical (unpaired) electrons. The molecule has 2 aromatic rings. The molecule has 1 N–H and O–H groups in total. The molecule has 112 valence electrons. The van der Waals surface area contributed by atoms with Gasteiger partial charge in [0.15, 0.2) is 0 Å². The van der Waals surface area contributed by atoms with Gasteiger partial charge in [-0.1, -0.05) is 6.07 Å². The second-order valence-electron chi connectivity index (χ2n) is 4.71. The molecule has 1 aromatic heterocycles. The number of benzene rings is 1. The lowest BCUT2D eigenvalue weighted by atomic mass is 10.3. The van der Waals surface area contributed by atoms with E-state index in [0.29, 0.717) is 11.4 Å². The molecular formula is C13H16N4O3S. The first-order valence-electron chi connectivity index (χ1n) is 6.12. The third-order valence-electron chi connectivity index (χ3n) is 2.59. The lowest BCUT2D eigenvalue weighted by Crippen LogP contribution is -2.10. The van der Waals surface area contributed by atoms with Crippen molar-refractivity contribution in [2.75, 3.05) is 14.1 Å². The highest BCUT2D eigenvalue weighted by Crippen LogP contribution is 2.21. The Morgan fingerprint density at radius 2 is 2.05 bits per heavy atom. The molecule has 0 aliphatic rings. The molecule has 8 heteroatoms. The van der Waals surface area contributed by atoms with Crippen LogP contribution in [-0.4, -0.2) is 48.6 Å². The highest BCUT2D eigenvalue weighted by atomic mass is 32.2. The Kier molecular flexibility index (Phi) is 3.99. The van der Waals surface area contributed by atoms with Gasteiger partial charge in [-0.3, -0.25) is 0 Å². The van der Waals surface area contributed by atoms with Crippen molar-refractivity contribution in [3.63, 3.8) is 0 Å². The molecule has 0 aliphatic carbocycles. The van der Waals surface area contributed by atoms with Gasteiger partial charge in [0.25, 0.3) is 10.0 Å². The van der Waals surface area contributed by atoms with Crippen LogP contribution in [0.25, 0.3) is 5.69 Å². The van der Waals surface area contributed by atoms with Gasteiger partial charge in [-0.05, 0) is 25.1 Å². The molecule has 0 atom stereocenters. The molecule has 0 saturated carbocycles. The summed E-state index contributed by atoms with van der Waals surface area (Å²) in [4.78, 5) is 1.56. The zero-order chi connectivity index (χ0) is 15.6. The lowest BCUT2D eigenvalue weighted by molar-refractivity contribution is 0.433. The van der Waals surface area contributed by atoms with E-state index in [1.807, 2.05) is 0 Å². The monoisotopic (exact) mass is 308 g/mol. The van der Waals surface area contributed by atoms with Crippen LogP contribution in [0, 0.1) is 6.92 Å². The van der Waals surface area contributed by atoms with Crippen molar-refractivity contribution in [3.8, 4) is 11.6 Å². The molecule has 0 spiro atoms. The summed E-state index contributed by atoms with van der Waals surface area (Å²) in [5, 5.41) is 13.9. The average Bonchev–Trinajstić information content (AvgIpc) is 2.76. The van der Waals surface area contributed by atoms with E-state index in [4.69, 9.17) is 0 Å². The lowest BCUT2D eigenvalue weighted by Gasteiger charge is -2.06. The summed E-state index contributed by atoms with van der Waals surface area (Å²) < 4.78 is 29.0. The Morgan fingerprint density at radius 3 is 2.62 bits per heavy atom. The first kappa shape index (κ1) is 15.0. The van der Waals surface area contributed by atoms with Crippen LogP contribution in [-0.2, 0) is 10.0 Å². The standard InChI is InChI=1S/C13H16N4O3S/c1-10-7-13(18)17(15-10)11-5-4-6-12(8-11)21(19,20)14-9-16(2)3/h4-9,18H,1-3H3/b14-9+. The van der Waals surface area contributed by atoms with Gasteiger partial charge in [0.2, 0.25) is 5.88 Å². The SMILES string of the molecule is Cc1cc(O)n(-c2cccc(S(=O)(=O)/N=C/N(C)C)c2)n1. The van der Waals surface area contributed by atoms with E-state index in [9.17, 15) is 13.5 Å². The number of hydrogen-bond acceptors (Lipinski definition) is 4. The van der Waals surface area contributed by atoms with Crippen molar-refractivity contribution in [3.05, 3.63) is 36.0 Å². The fourth-order valence-electron chi connectivity index (χ4n) is 1.67. The molecule has 0 bridgehead atoms. The summed E-state index contributed by atoms with van der Waals surface area (Å²) in [5.74, 6) is -0.0566. The Hall–Kier alpha value is -2.35. The van der Waals surface area contributed by atoms with Crippen molar-refractivity contribution in [2.24, 2.45) is 4.40 Å². The highest BCUT2D eigenvalue weighted by Gasteiger charge is 2.14. The van der Waals surface area contributed by atoms with E-state index in [1.165, 1.54) is 34.1 Å². The minimum absolute atomic E-state index is 0.0330. The van der Waals surface area contributed by atoms with Crippen LogP contribution in [0.1, 0.15) is 5.69 Å². The third-order valence-corrected chi connectivity index (χ3v) is 3.81. The number of aromatic hydroxyl groups is 1. The van der Waals surface area contributed by atoms with Crippen LogP contribution in [0.5, 0.6) is 5.88 Å². The van der Waals surface area contributed by atoms with E-state index in [2.05, 4.69) is 9.50 Å². The van der Waals surface area contributed by atoms with Crippen molar-refractivity contribution < 1.29 is 13.5 Å². The predicted molar refractivity (Wildman–Crippen MR) is 79.3 cm³/mol. The Balaban J connectivity index is 2.45. The maximum absolute atomic E-state index is 12.1. The van der Waals surface area contributed by atoms with Crippen molar-refractivity contribution in [2.45, 2.75) is 11.8 Å². The minimum Gasteiger partial charge on any atom is -0.493 e. The van der Waals surface area contributed by atoms with Gasteiger partial charge < -0.3 is 10.0 Å². The van der Waals surface area contributed by atoms with Gasteiger partial charge in [0, 0.05) is 20.2 Å². The summed E-state index contributed by atoms with van der Waals surface area (Å²) in [6.45, 7) is 1.73. The number of aromatic nitrogens is 2. The maximum atomic E-state index is 12.1. The Labute approximate surface area is 123 Å². The first-order chi connectivity index (χ1) is 9.79. The number of hydrogen-bond donors (Lipinski definition) is 1. The van der Waals surface area contributed by atoms with Crippen LogP contribution in [0.15, 0.2) is 39.6 Å². The van der Waals surface area contributed by atoms with Crippen molar-refractivity contribution >= 4 is 16.4 Å². The quantitative estimate of drug-likeness (QED) is 0.676. The second-order valence-corrected chi connectivity index (χ2v) is 6.34. The van der Waals surface area contributed by atoms with Crippen molar-refractivity contribution in [1.82, 2.24) is 14.7 Å². The second kappa shape index (κ2) is 5.57. The molecule has 2 rings (SSSR count).